The van der Waals surface area contributed by atoms with Crippen LogP contribution in [0.3, 0.4) is 0 Å². The molecule has 5 heteroatoms. The Morgan fingerprint density at radius 1 is 0.812 bits per heavy atom. The maximum atomic E-state index is 13.5. The van der Waals surface area contributed by atoms with Gasteiger partial charge in [0.25, 0.3) is 0 Å². The molecule has 1 aliphatic rings. The minimum atomic E-state index is -0.230. The zero-order valence-electron chi connectivity index (χ0n) is 18.0. The molecule has 2 nitrogen and oxygen atoms in total. The Morgan fingerprint density at radius 2 is 1.34 bits per heavy atom. The van der Waals surface area contributed by atoms with Crippen LogP contribution in [0.5, 0.6) is 5.75 Å². The van der Waals surface area contributed by atoms with Crippen LogP contribution in [0.15, 0.2) is 77.3 Å². The number of likely N-dealkylation sites (tertiary alicyclic amines) is 1. The molecule has 0 aliphatic carbocycles. The summed E-state index contributed by atoms with van der Waals surface area (Å²) < 4.78 is 33.9. The van der Waals surface area contributed by atoms with E-state index in [0.29, 0.717) is 12.5 Å². The van der Waals surface area contributed by atoms with E-state index in [1.807, 2.05) is 48.5 Å². The van der Waals surface area contributed by atoms with Gasteiger partial charge in [-0.2, -0.15) is 0 Å². The lowest BCUT2D eigenvalue weighted by atomic mass is 9.76. The van der Waals surface area contributed by atoms with Gasteiger partial charge in [-0.15, -0.1) is 0 Å². The molecule has 0 N–H and O–H groups in total. The van der Waals surface area contributed by atoms with Crippen LogP contribution in [-0.4, -0.2) is 31.1 Å². The third-order valence-electron chi connectivity index (χ3n) is 6.26. The molecule has 1 saturated heterocycles. The van der Waals surface area contributed by atoms with E-state index in [1.165, 1.54) is 24.3 Å². The first-order valence-corrected chi connectivity index (χ1v) is 12.0. The maximum absolute atomic E-state index is 13.5. The van der Waals surface area contributed by atoms with Crippen molar-refractivity contribution in [1.29, 1.82) is 0 Å². The molecule has 0 aromatic heterocycles. The van der Waals surface area contributed by atoms with Gasteiger partial charge >= 0.3 is 0 Å². The van der Waals surface area contributed by atoms with Crippen LogP contribution in [0.2, 0.25) is 0 Å². The summed E-state index contributed by atoms with van der Waals surface area (Å²) in [6.45, 7) is 3.78. The Balaban J connectivity index is 1.32. The van der Waals surface area contributed by atoms with E-state index < -0.39 is 0 Å². The lowest BCUT2D eigenvalue weighted by Crippen LogP contribution is -2.36. The van der Waals surface area contributed by atoms with Crippen molar-refractivity contribution in [2.45, 2.75) is 25.2 Å². The molecule has 0 radical (unpaired) electrons. The maximum Gasteiger partial charge on any atom is 0.123 e. The Morgan fingerprint density at radius 3 is 1.88 bits per heavy atom. The molecule has 1 fully saturated rings. The lowest BCUT2D eigenvalue weighted by Gasteiger charge is -2.36. The molecule has 3 aromatic carbocycles. The van der Waals surface area contributed by atoms with Gasteiger partial charge in [0.2, 0.25) is 0 Å². The molecular weight excluding hydrogens is 472 g/mol. The number of piperidine rings is 1. The van der Waals surface area contributed by atoms with Crippen LogP contribution in [0.25, 0.3) is 0 Å². The number of benzene rings is 3. The molecule has 3 aromatic rings. The standard InChI is InChI=1S/C27H28BrF2NO/c28-23-6-12-26(13-7-23)32-19-1-16-31-17-14-22(15-18-31)27(20-2-8-24(29)9-3-20)21-4-10-25(30)11-5-21/h2-13,22,27H,1,14-19H2. The van der Waals surface area contributed by atoms with Crippen molar-refractivity contribution in [2.24, 2.45) is 5.92 Å². The van der Waals surface area contributed by atoms with E-state index in [2.05, 4.69) is 20.8 Å². The van der Waals surface area contributed by atoms with Gasteiger partial charge in [-0.3, -0.25) is 0 Å². The first kappa shape index (κ1) is 22.9. The second-order valence-electron chi connectivity index (χ2n) is 8.42. The second-order valence-corrected chi connectivity index (χ2v) is 9.33. The summed E-state index contributed by atoms with van der Waals surface area (Å²) >= 11 is 3.43. The van der Waals surface area contributed by atoms with E-state index in [9.17, 15) is 8.78 Å². The molecule has 0 amide bonds. The lowest BCUT2D eigenvalue weighted by molar-refractivity contribution is 0.163. The monoisotopic (exact) mass is 499 g/mol. The third kappa shape index (κ3) is 6.17. The molecule has 1 heterocycles. The average Bonchev–Trinajstić information content (AvgIpc) is 2.81. The summed E-state index contributed by atoms with van der Waals surface area (Å²) in [6.07, 6.45) is 3.11. The molecule has 0 atom stereocenters. The van der Waals surface area contributed by atoms with Gasteiger partial charge in [-0.05, 0) is 97.9 Å². The Bertz CT molecular complexity index is 923. The van der Waals surface area contributed by atoms with Crippen molar-refractivity contribution in [3.05, 3.63) is 100 Å². The van der Waals surface area contributed by atoms with E-state index in [0.717, 1.165) is 60.2 Å². The van der Waals surface area contributed by atoms with Crippen LogP contribution in [0.4, 0.5) is 8.78 Å². The van der Waals surface area contributed by atoms with Crippen molar-refractivity contribution in [2.75, 3.05) is 26.2 Å². The minimum Gasteiger partial charge on any atom is -0.494 e. The molecule has 168 valence electrons. The summed E-state index contributed by atoms with van der Waals surface area (Å²) in [5.41, 5.74) is 2.19. The van der Waals surface area contributed by atoms with Crippen molar-refractivity contribution in [3.63, 3.8) is 0 Å². The number of ether oxygens (including phenoxy) is 1. The zero-order valence-corrected chi connectivity index (χ0v) is 19.6. The number of hydrogen-bond acceptors (Lipinski definition) is 2. The van der Waals surface area contributed by atoms with Crippen molar-refractivity contribution in [3.8, 4) is 5.75 Å². The first-order valence-electron chi connectivity index (χ1n) is 11.2. The van der Waals surface area contributed by atoms with Gasteiger partial charge < -0.3 is 9.64 Å². The van der Waals surface area contributed by atoms with Crippen molar-refractivity contribution in [1.82, 2.24) is 4.90 Å². The second kappa shape index (κ2) is 11.1. The van der Waals surface area contributed by atoms with Crippen LogP contribution in [-0.2, 0) is 0 Å². The summed E-state index contributed by atoms with van der Waals surface area (Å²) in [7, 11) is 0. The van der Waals surface area contributed by atoms with Crippen molar-refractivity contribution < 1.29 is 13.5 Å². The number of rotatable bonds is 8. The first-order chi connectivity index (χ1) is 15.6. The quantitative estimate of drug-likeness (QED) is 0.308. The van der Waals surface area contributed by atoms with E-state index >= 15 is 0 Å². The van der Waals surface area contributed by atoms with Gasteiger partial charge in [0.05, 0.1) is 6.61 Å². The molecular formula is C27H28BrF2NO. The molecule has 4 rings (SSSR count). The van der Waals surface area contributed by atoms with Crippen LogP contribution >= 0.6 is 15.9 Å². The smallest absolute Gasteiger partial charge is 0.123 e. The van der Waals surface area contributed by atoms with Crippen LogP contribution in [0, 0.1) is 17.6 Å². The predicted molar refractivity (Wildman–Crippen MR) is 128 cm³/mol. The van der Waals surface area contributed by atoms with Crippen LogP contribution < -0.4 is 4.74 Å². The van der Waals surface area contributed by atoms with E-state index in [-0.39, 0.29) is 17.6 Å². The van der Waals surface area contributed by atoms with E-state index in [1.54, 1.807) is 0 Å². The minimum absolute atomic E-state index is 0.152. The summed E-state index contributed by atoms with van der Waals surface area (Å²) in [5.74, 6) is 1.03. The zero-order chi connectivity index (χ0) is 22.3. The summed E-state index contributed by atoms with van der Waals surface area (Å²) in [6, 6.07) is 21.5. The SMILES string of the molecule is Fc1ccc(C(c2ccc(F)cc2)C2CCN(CCCOc3ccc(Br)cc3)CC2)cc1. The largest absolute Gasteiger partial charge is 0.494 e. The van der Waals surface area contributed by atoms with E-state index in [4.69, 9.17) is 4.74 Å². The van der Waals surface area contributed by atoms with Gasteiger partial charge in [-0.25, -0.2) is 8.78 Å². The highest BCUT2D eigenvalue weighted by atomic mass is 79.9. The van der Waals surface area contributed by atoms with Crippen molar-refractivity contribution >= 4 is 15.9 Å². The average molecular weight is 500 g/mol. The highest BCUT2D eigenvalue weighted by molar-refractivity contribution is 9.10. The fourth-order valence-electron chi connectivity index (χ4n) is 4.60. The number of nitrogens with zero attached hydrogens (tertiary/aromatic N) is 1. The van der Waals surface area contributed by atoms with Crippen LogP contribution in [0.1, 0.15) is 36.3 Å². The summed E-state index contributed by atoms with van der Waals surface area (Å²) in [5, 5.41) is 0. The molecule has 0 bridgehead atoms. The Labute approximate surface area is 197 Å². The van der Waals surface area contributed by atoms with Gasteiger partial charge in [0, 0.05) is 16.9 Å². The summed E-state index contributed by atoms with van der Waals surface area (Å²) in [4.78, 5) is 2.49. The Hall–Kier alpha value is -2.24. The molecule has 0 unspecified atom stereocenters. The molecule has 1 aliphatic heterocycles. The number of halogens is 3. The molecule has 0 spiro atoms. The van der Waals surface area contributed by atoms with Gasteiger partial charge in [0.1, 0.15) is 17.4 Å². The number of hydrogen-bond donors (Lipinski definition) is 0. The highest BCUT2D eigenvalue weighted by Crippen LogP contribution is 2.38. The fraction of sp³-hybridized carbons (Fsp3) is 0.333. The molecule has 0 saturated carbocycles. The van der Waals surface area contributed by atoms with Gasteiger partial charge in [-0.1, -0.05) is 40.2 Å². The predicted octanol–water partition coefficient (Wildman–Crippen LogP) is 7.04. The highest BCUT2D eigenvalue weighted by Gasteiger charge is 2.29. The fourth-order valence-corrected chi connectivity index (χ4v) is 4.86. The third-order valence-corrected chi connectivity index (χ3v) is 6.79. The topological polar surface area (TPSA) is 12.5 Å². The normalized spacial score (nSPS) is 15.2. The Kier molecular flexibility index (Phi) is 7.93. The van der Waals surface area contributed by atoms with Gasteiger partial charge in [0.15, 0.2) is 0 Å². The molecule has 32 heavy (non-hydrogen) atoms.